The minimum Gasteiger partial charge on any atom is -0.493 e. The summed E-state index contributed by atoms with van der Waals surface area (Å²) < 4.78 is 43.8. The van der Waals surface area contributed by atoms with Gasteiger partial charge in [0, 0.05) is 42.7 Å². The topological polar surface area (TPSA) is 124 Å². The number of fused-ring (bicyclic) bond motifs is 1. The number of aromatic hydroxyl groups is 1. The van der Waals surface area contributed by atoms with E-state index < -0.39 is 29.0 Å². The standard InChI is InChI=1S/C20H17ClF3N7O3/c21-16-15(18(33)29-3-1-12(2-4-29)30-9-14(32)27-19(30)34)28-17-13(20(22,23)24)5-10(8-31(16)17)11-6-25-26-7-11/h5-9,12,32H,1-4H2,(H,25,26)(H,27,34). The number of carbonyl (C=O) groups excluding carboxylic acids is 1. The van der Waals surface area contributed by atoms with Gasteiger partial charge >= 0.3 is 11.9 Å². The molecule has 0 radical (unpaired) electrons. The number of alkyl halides is 3. The van der Waals surface area contributed by atoms with Crippen molar-refractivity contribution in [3.63, 3.8) is 0 Å². The SMILES string of the molecule is O=C(c1nc2c(C(F)(F)F)cc(-c3cn[nH]c3)cn2c1Cl)N1CCC(n2cc(O)[nH]c2=O)CC1. The highest BCUT2D eigenvalue weighted by Gasteiger charge is 2.37. The Kier molecular flexibility index (Phi) is 5.15. The number of aromatic nitrogens is 6. The second-order valence-electron chi connectivity index (χ2n) is 7.95. The molecule has 0 aromatic carbocycles. The van der Waals surface area contributed by atoms with E-state index in [0.29, 0.717) is 18.4 Å². The number of hydrogen-bond donors (Lipinski definition) is 3. The van der Waals surface area contributed by atoms with Gasteiger partial charge in [0.2, 0.25) is 5.88 Å². The van der Waals surface area contributed by atoms with E-state index in [1.807, 2.05) is 0 Å². The third-order valence-corrected chi connectivity index (χ3v) is 6.24. The largest absolute Gasteiger partial charge is 0.493 e. The molecular formula is C20H17ClF3N7O3. The van der Waals surface area contributed by atoms with Gasteiger partial charge in [-0.15, -0.1) is 0 Å². The minimum atomic E-state index is -4.73. The third-order valence-electron chi connectivity index (χ3n) is 5.88. The number of nitrogens with zero attached hydrogens (tertiary/aromatic N) is 5. The molecule has 4 aromatic rings. The fourth-order valence-corrected chi connectivity index (χ4v) is 4.45. The molecule has 1 amide bonds. The van der Waals surface area contributed by atoms with E-state index in [4.69, 9.17) is 11.6 Å². The van der Waals surface area contributed by atoms with Gasteiger partial charge in [-0.05, 0) is 18.9 Å². The van der Waals surface area contributed by atoms with E-state index in [-0.39, 0.29) is 41.4 Å². The fourth-order valence-electron chi connectivity index (χ4n) is 4.19. The molecule has 10 nitrogen and oxygen atoms in total. The first kappa shape index (κ1) is 22.1. The number of hydrogen-bond acceptors (Lipinski definition) is 5. The van der Waals surface area contributed by atoms with E-state index in [2.05, 4.69) is 20.2 Å². The van der Waals surface area contributed by atoms with Gasteiger partial charge in [0.15, 0.2) is 11.3 Å². The third kappa shape index (κ3) is 3.71. The zero-order valence-corrected chi connectivity index (χ0v) is 18.1. The summed E-state index contributed by atoms with van der Waals surface area (Å²) in [6.45, 7) is 0.469. The van der Waals surface area contributed by atoms with Gasteiger partial charge in [-0.3, -0.25) is 23.8 Å². The van der Waals surface area contributed by atoms with Crippen molar-refractivity contribution in [1.82, 2.24) is 34.0 Å². The summed E-state index contributed by atoms with van der Waals surface area (Å²) in [6, 6.07) is 0.701. The zero-order valence-electron chi connectivity index (χ0n) is 17.3. The summed E-state index contributed by atoms with van der Waals surface area (Å²) in [5.41, 5.74) is -1.63. The highest BCUT2D eigenvalue weighted by Crippen LogP contribution is 2.37. The van der Waals surface area contributed by atoms with Crippen LogP contribution in [0.2, 0.25) is 5.15 Å². The lowest BCUT2D eigenvalue weighted by molar-refractivity contribution is -0.136. The molecule has 1 aliphatic rings. The van der Waals surface area contributed by atoms with Crippen molar-refractivity contribution in [2.24, 2.45) is 0 Å². The van der Waals surface area contributed by atoms with Crippen LogP contribution in [-0.4, -0.2) is 58.1 Å². The molecule has 0 bridgehead atoms. The predicted octanol–water partition coefficient (Wildman–Crippen LogP) is 3.07. The van der Waals surface area contributed by atoms with Crippen molar-refractivity contribution >= 4 is 23.2 Å². The van der Waals surface area contributed by atoms with Gasteiger partial charge in [-0.25, -0.2) is 9.78 Å². The number of carbonyl (C=O) groups is 1. The van der Waals surface area contributed by atoms with Gasteiger partial charge < -0.3 is 10.0 Å². The van der Waals surface area contributed by atoms with Crippen molar-refractivity contribution in [2.75, 3.05) is 13.1 Å². The summed E-state index contributed by atoms with van der Waals surface area (Å²) in [5, 5.41) is 15.5. The Bertz CT molecular complexity index is 1430. The van der Waals surface area contributed by atoms with Gasteiger partial charge in [-0.2, -0.15) is 18.3 Å². The molecule has 5 heterocycles. The molecule has 0 unspecified atom stereocenters. The molecule has 1 fully saturated rings. The first-order valence-corrected chi connectivity index (χ1v) is 10.6. The zero-order chi connectivity index (χ0) is 24.2. The quantitative estimate of drug-likeness (QED) is 0.403. The van der Waals surface area contributed by atoms with Crippen molar-refractivity contribution in [3.8, 4) is 17.0 Å². The lowest BCUT2D eigenvalue weighted by atomic mass is 10.0. The molecule has 178 valence electrons. The first-order chi connectivity index (χ1) is 16.1. The van der Waals surface area contributed by atoms with Gasteiger partial charge in [-0.1, -0.05) is 11.6 Å². The Hall–Kier alpha value is -3.74. The lowest BCUT2D eigenvalue weighted by Gasteiger charge is -2.31. The average molecular weight is 496 g/mol. The highest BCUT2D eigenvalue weighted by molar-refractivity contribution is 6.33. The number of rotatable bonds is 3. The average Bonchev–Trinajstić information content (AvgIpc) is 3.52. The summed E-state index contributed by atoms with van der Waals surface area (Å²) in [6.07, 6.45) is 1.57. The lowest BCUT2D eigenvalue weighted by Crippen LogP contribution is -2.40. The molecule has 0 aliphatic carbocycles. The summed E-state index contributed by atoms with van der Waals surface area (Å²) in [7, 11) is 0. The highest BCUT2D eigenvalue weighted by atomic mass is 35.5. The molecule has 1 aliphatic heterocycles. The number of pyridine rings is 1. The number of piperidine rings is 1. The molecule has 0 atom stereocenters. The van der Waals surface area contributed by atoms with E-state index in [1.54, 1.807) is 0 Å². The van der Waals surface area contributed by atoms with Crippen molar-refractivity contribution < 1.29 is 23.1 Å². The first-order valence-electron chi connectivity index (χ1n) is 10.2. The predicted molar refractivity (Wildman–Crippen MR) is 114 cm³/mol. The molecule has 0 saturated carbocycles. The van der Waals surface area contributed by atoms with Crippen LogP contribution in [0.5, 0.6) is 5.88 Å². The van der Waals surface area contributed by atoms with E-state index in [0.717, 1.165) is 10.5 Å². The van der Waals surface area contributed by atoms with Crippen LogP contribution in [0.3, 0.4) is 0 Å². The fraction of sp³-hybridized carbons (Fsp3) is 0.300. The van der Waals surface area contributed by atoms with Gasteiger partial charge in [0.05, 0.1) is 18.0 Å². The Labute approximate surface area is 193 Å². The van der Waals surface area contributed by atoms with Crippen LogP contribution in [0.4, 0.5) is 13.2 Å². The smallest absolute Gasteiger partial charge is 0.420 e. The van der Waals surface area contributed by atoms with Crippen molar-refractivity contribution in [1.29, 1.82) is 0 Å². The number of nitrogens with one attached hydrogen (secondary N) is 2. The number of amides is 1. The van der Waals surface area contributed by atoms with Crippen LogP contribution in [-0.2, 0) is 6.18 Å². The number of likely N-dealkylation sites (tertiary alicyclic amines) is 1. The van der Waals surface area contributed by atoms with Crippen molar-refractivity contribution in [2.45, 2.75) is 25.1 Å². The van der Waals surface area contributed by atoms with Crippen LogP contribution in [0.15, 0.2) is 35.6 Å². The molecule has 4 aromatic heterocycles. The maximum atomic E-state index is 13.8. The minimum absolute atomic E-state index is 0.202. The molecule has 34 heavy (non-hydrogen) atoms. The van der Waals surface area contributed by atoms with E-state index in [1.165, 1.54) is 34.3 Å². The summed E-state index contributed by atoms with van der Waals surface area (Å²) in [5.74, 6) is -0.857. The van der Waals surface area contributed by atoms with Crippen LogP contribution in [0.1, 0.15) is 34.9 Å². The number of halogens is 4. The van der Waals surface area contributed by atoms with Gasteiger partial charge in [0.1, 0.15) is 5.15 Å². The molecule has 5 rings (SSSR count). The summed E-state index contributed by atoms with van der Waals surface area (Å²) in [4.78, 5) is 32.7. The van der Waals surface area contributed by atoms with Crippen LogP contribution in [0, 0.1) is 0 Å². The Morgan fingerprint density at radius 2 is 1.94 bits per heavy atom. The Morgan fingerprint density at radius 1 is 1.21 bits per heavy atom. The maximum absolute atomic E-state index is 13.8. The monoisotopic (exact) mass is 495 g/mol. The second-order valence-corrected chi connectivity index (χ2v) is 8.31. The van der Waals surface area contributed by atoms with E-state index in [9.17, 15) is 27.9 Å². The summed E-state index contributed by atoms with van der Waals surface area (Å²) >= 11 is 6.36. The molecule has 3 N–H and O–H groups in total. The maximum Gasteiger partial charge on any atom is 0.420 e. The second kappa shape index (κ2) is 7.94. The van der Waals surface area contributed by atoms with Gasteiger partial charge in [0.25, 0.3) is 5.91 Å². The Balaban J connectivity index is 1.47. The van der Waals surface area contributed by atoms with Crippen molar-refractivity contribution in [3.05, 3.63) is 57.7 Å². The normalized spacial score (nSPS) is 15.4. The molecule has 1 saturated heterocycles. The van der Waals surface area contributed by atoms with E-state index >= 15 is 0 Å². The molecule has 14 heteroatoms. The number of H-pyrrole nitrogens is 2. The Morgan fingerprint density at radius 3 is 2.53 bits per heavy atom. The molecule has 0 spiro atoms. The van der Waals surface area contributed by atoms with Crippen LogP contribution < -0.4 is 5.69 Å². The number of imidazole rings is 2. The molecular weight excluding hydrogens is 479 g/mol. The number of aromatic amines is 2. The van der Waals surface area contributed by atoms with Crippen LogP contribution in [0.25, 0.3) is 16.8 Å². The van der Waals surface area contributed by atoms with Crippen LogP contribution >= 0.6 is 11.6 Å².